The number of H-pyrrole nitrogens is 1. The van der Waals surface area contributed by atoms with Gasteiger partial charge < -0.3 is 14.5 Å². The summed E-state index contributed by atoms with van der Waals surface area (Å²) in [6, 6.07) is 7.21. The third-order valence-electron chi connectivity index (χ3n) is 5.56. The molecule has 4 rings (SSSR count). The molecule has 2 aliphatic heterocycles. The third-order valence-corrected chi connectivity index (χ3v) is 5.56. The van der Waals surface area contributed by atoms with Crippen LogP contribution in [0.3, 0.4) is 0 Å². The Labute approximate surface area is 158 Å². The number of nitrogens with zero attached hydrogens (tertiary/aromatic N) is 3. The zero-order valence-electron chi connectivity index (χ0n) is 15.5. The first kappa shape index (κ1) is 17.6. The van der Waals surface area contributed by atoms with Gasteiger partial charge in [-0.15, -0.1) is 0 Å². The van der Waals surface area contributed by atoms with Crippen molar-refractivity contribution in [3.05, 3.63) is 47.3 Å². The van der Waals surface area contributed by atoms with E-state index < -0.39 is 0 Å². The van der Waals surface area contributed by atoms with E-state index >= 15 is 0 Å². The van der Waals surface area contributed by atoms with Gasteiger partial charge in [-0.25, -0.2) is 0 Å². The number of benzene rings is 1. The molecule has 1 N–H and O–H groups in total. The fourth-order valence-corrected chi connectivity index (χ4v) is 3.94. The molecule has 2 amide bonds. The second-order valence-electron chi connectivity index (χ2n) is 7.18. The summed E-state index contributed by atoms with van der Waals surface area (Å²) in [5, 5.41) is 7.06. The molecule has 1 aromatic carbocycles. The highest BCUT2D eigenvalue weighted by molar-refractivity contribution is 5.94. The third kappa shape index (κ3) is 3.54. The minimum absolute atomic E-state index is 0.000750. The zero-order valence-corrected chi connectivity index (χ0v) is 15.5. The molecule has 0 spiro atoms. The lowest BCUT2D eigenvalue weighted by Crippen LogP contribution is -2.45. The van der Waals surface area contributed by atoms with Gasteiger partial charge in [0.05, 0.1) is 13.3 Å². The van der Waals surface area contributed by atoms with Crippen molar-refractivity contribution >= 4 is 11.8 Å². The summed E-state index contributed by atoms with van der Waals surface area (Å²) in [6.45, 7) is 2.58. The van der Waals surface area contributed by atoms with Crippen LogP contribution in [0.2, 0.25) is 0 Å². The second-order valence-corrected chi connectivity index (χ2v) is 7.18. The van der Waals surface area contributed by atoms with Crippen molar-refractivity contribution in [1.82, 2.24) is 20.0 Å². The van der Waals surface area contributed by atoms with Crippen LogP contribution >= 0.6 is 0 Å². The van der Waals surface area contributed by atoms with Crippen LogP contribution in [0.25, 0.3) is 0 Å². The molecule has 0 saturated carbocycles. The molecule has 1 fully saturated rings. The van der Waals surface area contributed by atoms with Crippen LogP contribution in [0.4, 0.5) is 0 Å². The number of rotatable bonds is 3. The molecule has 0 bridgehead atoms. The second kappa shape index (κ2) is 7.42. The largest absolute Gasteiger partial charge is 0.497 e. The number of fused-ring (bicyclic) bond motifs is 1. The zero-order chi connectivity index (χ0) is 18.8. The van der Waals surface area contributed by atoms with Crippen LogP contribution in [-0.2, 0) is 17.8 Å². The van der Waals surface area contributed by atoms with E-state index in [9.17, 15) is 9.59 Å². The van der Waals surface area contributed by atoms with Gasteiger partial charge in [0.15, 0.2) is 0 Å². The number of methoxy groups -OCH3 is 1. The highest BCUT2D eigenvalue weighted by Gasteiger charge is 2.32. The molecule has 27 heavy (non-hydrogen) atoms. The molecular formula is C20H24N4O3. The normalized spacial score (nSPS) is 17.5. The Hall–Kier alpha value is -2.83. The summed E-state index contributed by atoms with van der Waals surface area (Å²) in [5.41, 5.74) is 2.88. The maximum atomic E-state index is 12.9. The highest BCUT2D eigenvalue weighted by atomic mass is 16.5. The van der Waals surface area contributed by atoms with E-state index in [0.717, 1.165) is 24.2 Å². The van der Waals surface area contributed by atoms with Crippen molar-refractivity contribution in [3.63, 3.8) is 0 Å². The smallest absolute Gasteiger partial charge is 0.253 e. The lowest BCUT2D eigenvalue weighted by molar-refractivity contribution is -0.137. The lowest BCUT2D eigenvalue weighted by Gasteiger charge is -2.35. The Morgan fingerprint density at radius 2 is 2.00 bits per heavy atom. The molecular weight excluding hydrogens is 344 g/mol. The van der Waals surface area contributed by atoms with Crippen molar-refractivity contribution in [2.24, 2.45) is 5.92 Å². The van der Waals surface area contributed by atoms with E-state index in [1.54, 1.807) is 19.2 Å². The van der Waals surface area contributed by atoms with Gasteiger partial charge in [-0.2, -0.15) is 5.10 Å². The van der Waals surface area contributed by atoms with Crippen molar-refractivity contribution in [2.75, 3.05) is 26.7 Å². The number of nitrogens with one attached hydrogen (secondary N) is 1. The number of ether oxygens (including phenoxy) is 1. The Balaban J connectivity index is 1.34. The van der Waals surface area contributed by atoms with Crippen LogP contribution in [0.1, 0.15) is 34.5 Å². The van der Waals surface area contributed by atoms with E-state index in [-0.39, 0.29) is 17.7 Å². The van der Waals surface area contributed by atoms with Gasteiger partial charge in [0.2, 0.25) is 5.91 Å². The quantitative estimate of drug-likeness (QED) is 0.897. The van der Waals surface area contributed by atoms with Crippen LogP contribution in [0.5, 0.6) is 5.75 Å². The van der Waals surface area contributed by atoms with Crippen molar-refractivity contribution < 1.29 is 14.3 Å². The van der Waals surface area contributed by atoms with Gasteiger partial charge in [0.25, 0.3) is 5.91 Å². The van der Waals surface area contributed by atoms with Gasteiger partial charge >= 0.3 is 0 Å². The number of hydrogen-bond donors (Lipinski definition) is 1. The summed E-state index contributed by atoms with van der Waals surface area (Å²) in [4.78, 5) is 29.4. The molecule has 1 saturated heterocycles. The number of aromatic nitrogens is 2. The summed E-state index contributed by atoms with van der Waals surface area (Å²) in [7, 11) is 1.59. The molecule has 0 radical (unpaired) electrons. The van der Waals surface area contributed by atoms with Gasteiger partial charge in [0, 0.05) is 55.3 Å². The summed E-state index contributed by atoms with van der Waals surface area (Å²) in [5.74, 6) is 0.874. The fraction of sp³-hybridized carbons (Fsp3) is 0.450. The first-order valence-corrected chi connectivity index (χ1v) is 9.39. The summed E-state index contributed by atoms with van der Waals surface area (Å²) >= 11 is 0. The van der Waals surface area contributed by atoms with E-state index in [4.69, 9.17) is 4.74 Å². The highest BCUT2D eigenvalue weighted by Crippen LogP contribution is 2.25. The SMILES string of the molecule is COc1cccc(C(=O)N2CCC(C(=O)N3CCc4[nH]ncc4C3)CC2)c1. The number of piperidine rings is 1. The predicted octanol–water partition coefficient (Wildman–Crippen LogP) is 1.86. The van der Waals surface area contributed by atoms with E-state index in [0.29, 0.717) is 43.8 Å². The summed E-state index contributed by atoms with van der Waals surface area (Å²) in [6.07, 6.45) is 4.06. The Morgan fingerprint density at radius 3 is 2.78 bits per heavy atom. The molecule has 7 nitrogen and oxygen atoms in total. The van der Waals surface area contributed by atoms with Gasteiger partial charge in [-0.1, -0.05) is 6.07 Å². The number of aromatic amines is 1. The van der Waals surface area contributed by atoms with Crippen LogP contribution in [0, 0.1) is 5.92 Å². The predicted molar refractivity (Wildman–Crippen MR) is 99.3 cm³/mol. The average Bonchev–Trinajstić information content (AvgIpc) is 3.20. The first-order chi connectivity index (χ1) is 13.2. The van der Waals surface area contributed by atoms with Crippen LogP contribution < -0.4 is 4.74 Å². The number of likely N-dealkylation sites (tertiary alicyclic amines) is 1. The molecule has 142 valence electrons. The maximum absolute atomic E-state index is 12.9. The van der Waals surface area contributed by atoms with Crippen molar-refractivity contribution in [3.8, 4) is 5.75 Å². The molecule has 0 atom stereocenters. The van der Waals surface area contributed by atoms with Gasteiger partial charge in [0.1, 0.15) is 5.75 Å². The van der Waals surface area contributed by atoms with Gasteiger partial charge in [-0.05, 0) is 31.0 Å². The van der Waals surface area contributed by atoms with E-state index in [1.165, 1.54) is 0 Å². The number of carbonyl (C=O) groups is 2. The van der Waals surface area contributed by atoms with Crippen LogP contribution in [-0.4, -0.2) is 58.6 Å². The molecule has 7 heteroatoms. The summed E-state index contributed by atoms with van der Waals surface area (Å²) < 4.78 is 5.20. The van der Waals surface area contributed by atoms with E-state index in [2.05, 4.69) is 10.2 Å². The minimum atomic E-state index is -0.00666. The van der Waals surface area contributed by atoms with Crippen LogP contribution in [0.15, 0.2) is 30.5 Å². The topological polar surface area (TPSA) is 78.5 Å². The first-order valence-electron chi connectivity index (χ1n) is 9.39. The standard InChI is InChI=1S/C20H24N4O3/c1-27-17-4-2-3-15(11-17)20(26)23-8-5-14(6-9-23)19(25)24-10-7-18-16(13-24)12-21-22-18/h2-4,11-12,14H,5-10,13H2,1H3,(H,21,22). The Bertz CT molecular complexity index is 839. The van der Waals surface area contributed by atoms with Crippen molar-refractivity contribution in [1.29, 1.82) is 0 Å². The number of hydrogen-bond acceptors (Lipinski definition) is 4. The number of carbonyl (C=O) groups excluding carboxylic acids is 2. The monoisotopic (exact) mass is 368 g/mol. The maximum Gasteiger partial charge on any atom is 0.253 e. The average molecular weight is 368 g/mol. The Morgan fingerprint density at radius 1 is 1.19 bits per heavy atom. The molecule has 0 unspecified atom stereocenters. The van der Waals surface area contributed by atoms with E-state index in [1.807, 2.05) is 28.1 Å². The molecule has 0 aliphatic carbocycles. The minimum Gasteiger partial charge on any atom is -0.497 e. The molecule has 2 aliphatic rings. The number of amides is 2. The fourth-order valence-electron chi connectivity index (χ4n) is 3.94. The molecule has 3 heterocycles. The molecule has 2 aromatic rings. The lowest BCUT2D eigenvalue weighted by atomic mass is 9.93. The van der Waals surface area contributed by atoms with Crippen molar-refractivity contribution in [2.45, 2.75) is 25.8 Å². The Kier molecular flexibility index (Phi) is 4.83. The molecule has 1 aromatic heterocycles. The van der Waals surface area contributed by atoms with Gasteiger partial charge in [-0.3, -0.25) is 14.7 Å².